The van der Waals surface area contributed by atoms with Gasteiger partial charge in [-0.2, -0.15) is 0 Å². The topological polar surface area (TPSA) is 33.6 Å². The molecular weight excluding hydrogens is 234 g/mol. The van der Waals surface area contributed by atoms with Crippen LogP contribution in [0.4, 0.5) is 0 Å². The third-order valence-electron chi connectivity index (χ3n) is 3.58. The van der Waals surface area contributed by atoms with Crippen LogP contribution in [-0.4, -0.2) is 14.5 Å². The number of benzene rings is 2. The summed E-state index contributed by atoms with van der Waals surface area (Å²) in [4.78, 5) is 8.04. The van der Waals surface area contributed by atoms with Crippen LogP contribution in [0.25, 0.3) is 33.5 Å². The molecule has 0 fully saturated rings. The molecule has 2 aromatic heterocycles. The summed E-state index contributed by atoms with van der Waals surface area (Å²) in [5.74, 6) is 0.917. The van der Waals surface area contributed by atoms with E-state index in [1.165, 1.54) is 10.9 Å². The molecule has 92 valence electrons. The van der Waals surface area contributed by atoms with Crippen molar-refractivity contribution < 1.29 is 0 Å². The van der Waals surface area contributed by atoms with Crippen LogP contribution >= 0.6 is 0 Å². The van der Waals surface area contributed by atoms with Crippen LogP contribution < -0.4 is 0 Å². The predicted octanol–water partition coefficient (Wildman–Crippen LogP) is 3.72. The summed E-state index contributed by atoms with van der Waals surface area (Å²) < 4.78 is 2.17. The second-order valence-corrected chi connectivity index (χ2v) is 4.75. The van der Waals surface area contributed by atoms with Gasteiger partial charge in [0.05, 0.1) is 16.7 Å². The minimum absolute atomic E-state index is 0.917. The van der Waals surface area contributed by atoms with Crippen LogP contribution in [0.2, 0.25) is 0 Å². The Morgan fingerprint density at radius 2 is 1.79 bits per heavy atom. The highest BCUT2D eigenvalue weighted by Gasteiger charge is 2.10. The third kappa shape index (κ3) is 1.48. The van der Waals surface area contributed by atoms with Gasteiger partial charge >= 0.3 is 0 Å². The van der Waals surface area contributed by atoms with E-state index in [9.17, 15) is 0 Å². The van der Waals surface area contributed by atoms with Crippen molar-refractivity contribution >= 4 is 21.9 Å². The van der Waals surface area contributed by atoms with E-state index in [0.717, 1.165) is 22.6 Å². The van der Waals surface area contributed by atoms with Gasteiger partial charge in [0, 0.05) is 18.0 Å². The van der Waals surface area contributed by atoms with Crippen LogP contribution in [0.3, 0.4) is 0 Å². The molecule has 2 heterocycles. The molecule has 0 saturated heterocycles. The van der Waals surface area contributed by atoms with Gasteiger partial charge in [0.15, 0.2) is 5.82 Å². The van der Waals surface area contributed by atoms with Crippen molar-refractivity contribution in [3.63, 3.8) is 0 Å². The maximum absolute atomic E-state index is 4.66. The number of rotatable bonds is 1. The number of nitrogens with one attached hydrogen (secondary N) is 1. The van der Waals surface area contributed by atoms with Gasteiger partial charge in [0.2, 0.25) is 0 Å². The first-order valence-corrected chi connectivity index (χ1v) is 6.32. The highest BCUT2D eigenvalue weighted by Crippen LogP contribution is 2.26. The van der Waals surface area contributed by atoms with E-state index < -0.39 is 0 Å². The van der Waals surface area contributed by atoms with Crippen LogP contribution in [0.1, 0.15) is 0 Å². The molecule has 4 rings (SSSR count). The second-order valence-electron chi connectivity index (χ2n) is 4.75. The molecule has 19 heavy (non-hydrogen) atoms. The average molecular weight is 247 g/mol. The number of imidazole rings is 1. The van der Waals surface area contributed by atoms with E-state index in [1.807, 2.05) is 18.2 Å². The standard InChI is InChI=1S/C16H13N3/c1-19-14-9-5-2-6-11(14)10-15(19)16-17-12-7-3-4-8-13(12)18-16/h2-10H,1H3,(H,17,18). The van der Waals surface area contributed by atoms with Gasteiger partial charge in [-0.25, -0.2) is 4.98 Å². The molecule has 4 aromatic rings. The fourth-order valence-corrected chi connectivity index (χ4v) is 2.59. The number of para-hydroxylation sites is 3. The zero-order valence-corrected chi connectivity index (χ0v) is 10.6. The maximum atomic E-state index is 4.66. The van der Waals surface area contributed by atoms with Crippen molar-refractivity contribution in [2.24, 2.45) is 7.05 Å². The molecular formula is C16H13N3. The van der Waals surface area contributed by atoms with Gasteiger partial charge < -0.3 is 9.55 Å². The number of aryl methyl sites for hydroxylation is 1. The SMILES string of the molecule is Cn1c(-c2nc3ccccc3[nH]2)cc2ccccc21. The molecule has 0 atom stereocenters. The Balaban J connectivity index is 2.01. The van der Waals surface area contributed by atoms with Gasteiger partial charge in [-0.05, 0) is 24.3 Å². The van der Waals surface area contributed by atoms with Crippen molar-refractivity contribution in [1.82, 2.24) is 14.5 Å². The maximum Gasteiger partial charge on any atom is 0.155 e. The van der Waals surface area contributed by atoms with Gasteiger partial charge in [-0.3, -0.25) is 0 Å². The average Bonchev–Trinajstić information content (AvgIpc) is 3.00. The highest BCUT2D eigenvalue weighted by molar-refractivity contribution is 5.87. The summed E-state index contributed by atoms with van der Waals surface area (Å²) in [7, 11) is 2.07. The molecule has 3 nitrogen and oxygen atoms in total. The molecule has 0 aliphatic rings. The summed E-state index contributed by atoms with van der Waals surface area (Å²) in [6.45, 7) is 0. The zero-order valence-electron chi connectivity index (χ0n) is 10.6. The quantitative estimate of drug-likeness (QED) is 0.546. The fraction of sp³-hybridized carbons (Fsp3) is 0.0625. The van der Waals surface area contributed by atoms with Crippen LogP contribution in [0.15, 0.2) is 54.6 Å². The molecule has 0 aliphatic heterocycles. The molecule has 0 spiro atoms. The smallest absolute Gasteiger partial charge is 0.155 e. The molecule has 0 bridgehead atoms. The number of hydrogen-bond donors (Lipinski definition) is 1. The normalized spacial score (nSPS) is 11.4. The Morgan fingerprint density at radius 3 is 2.63 bits per heavy atom. The van der Waals surface area contributed by atoms with Crippen molar-refractivity contribution in [2.75, 3.05) is 0 Å². The Kier molecular flexibility index (Phi) is 2.03. The molecule has 0 radical (unpaired) electrons. The van der Waals surface area contributed by atoms with E-state index >= 15 is 0 Å². The second kappa shape index (κ2) is 3.72. The van der Waals surface area contributed by atoms with E-state index in [0.29, 0.717) is 0 Å². The summed E-state index contributed by atoms with van der Waals surface area (Å²) in [5.41, 5.74) is 4.40. The fourth-order valence-electron chi connectivity index (χ4n) is 2.59. The first-order valence-electron chi connectivity index (χ1n) is 6.32. The highest BCUT2D eigenvalue weighted by atomic mass is 15.0. The number of aromatic nitrogens is 3. The first kappa shape index (κ1) is 10.4. The van der Waals surface area contributed by atoms with Gasteiger partial charge in [0.25, 0.3) is 0 Å². The summed E-state index contributed by atoms with van der Waals surface area (Å²) in [6, 6.07) is 18.7. The van der Waals surface area contributed by atoms with Crippen molar-refractivity contribution in [2.45, 2.75) is 0 Å². The van der Waals surface area contributed by atoms with E-state index in [2.05, 4.69) is 58.0 Å². The lowest BCUT2D eigenvalue weighted by Gasteiger charge is -2.00. The van der Waals surface area contributed by atoms with Crippen LogP contribution in [0, 0.1) is 0 Å². The molecule has 0 unspecified atom stereocenters. The van der Waals surface area contributed by atoms with Crippen LogP contribution in [-0.2, 0) is 7.05 Å². The number of hydrogen-bond acceptors (Lipinski definition) is 1. The lowest BCUT2D eigenvalue weighted by molar-refractivity contribution is 0.966. The number of fused-ring (bicyclic) bond motifs is 2. The van der Waals surface area contributed by atoms with Crippen molar-refractivity contribution in [1.29, 1.82) is 0 Å². The zero-order chi connectivity index (χ0) is 12.8. The van der Waals surface area contributed by atoms with E-state index in [1.54, 1.807) is 0 Å². The summed E-state index contributed by atoms with van der Waals surface area (Å²) >= 11 is 0. The number of nitrogens with zero attached hydrogens (tertiary/aromatic N) is 2. The predicted molar refractivity (Wildman–Crippen MR) is 78.0 cm³/mol. The lowest BCUT2D eigenvalue weighted by Crippen LogP contribution is -1.92. The third-order valence-corrected chi connectivity index (χ3v) is 3.58. The van der Waals surface area contributed by atoms with Crippen LogP contribution in [0.5, 0.6) is 0 Å². The lowest BCUT2D eigenvalue weighted by atomic mass is 10.2. The Hall–Kier alpha value is -2.55. The van der Waals surface area contributed by atoms with Crippen molar-refractivity contribution in [3.05, 3.63) is 54.6 Å². The number of H-pyrrole nitrogens is 1. The van der Waals surface area contributed by atoms with Gasteiger partial charge in [-0.15, -0.1) is 0 Å². The van der Waals surface area contributed by atoms with Gasteiger partial charge in [-0.1, -0.05) is 30.3 Å². The molecule has 1 N–H and O–H groups in total. The minimum Gasteiger partial charge on any atom is -0.341 e. The van der Waals surface area contributed by atoms with E-state index in [-0.39, 0.29) is 0 Å². The van der Waals surface area contributed by atoms with Gasteiger partial charge in [0.1, 0.15) is 0 Å². The largest absolute Gasteiger partial charge is 0.341 e. The first-order chi connectivity index (χ1) is 9.33. The van der Waals surface area contributed by atoms with E-state index in [4.69, 9.17) is 0 Å². The molecule has 0 aliphatic carbocycles. The Labute approximate surface area is 110 Å². The van der Waals surface area contributed by atoms with Crippen molar-refractivity contribution in [3.8, 4) is 11.5 Å². The molecule has 0 saturated carbocycles. The Bertz CT molecular complexity index is 850. The molecule has 2 aromatic carbocycles. The Morgan fingerprint density at radius 1 is 1.00 bits per heavy atom. The monoisotopic (exact) mass is 247 g/mol. The molecule has 0 amide bonds. The molecule has 3 heteroatoms. The summed E-state index contributed by atoms with van der Waals surface area (Å²) in [5, 5.41) is 1.24. The summed E-state index contributed by atoms with van der Waals surface area (Å²) in [6.07, 6.45) is 0. The minimum atomic E-state index is 0.917. The number of aromatic amines is 1.